The monoisotopic (exact) mass is 296 g/mol. The summed E-state index contributed by atoms with van der Waals surface area (Å²) in [6.45, 7) is 5.86. The molecule has 1 saturated carbocycles. The van der Waals surface area contributed by atoms with Crippen molar-refractivity contribution < 1.29 is 4.39 Å². The fraction of sp³-hybridized carbons (Fsp3) is 0.625. The minimum absolute atomic E-state index is 0.136. The molecule has 0 bridgehead atoms. The van der Waals surface area contributed by atoms with E-state index >= 15 is 0 Å². The summed E-state index contributed by atoms with van der Waals surface area (Å²) in [5, 5.41) is 3.98. The van der Waals surface area contributed by atoms with Gasteiger partial charge in [-0.1, -0.05) is 30.5 Å². The minimum atomic E-state index is -0.148. The van der Waals surface area contributed by atoms with Crippen molar-refractivity contribution in [1.82, 2.24) is 10.2 Å². The van der Waals surface area contributed by atoms with Gasteiger partial charge in [-0.15, -0.1) is 0 Å². The maximum Gasteiger partial charge on any atom is 0.129 e. The topological polar surface area (TPSA) is 15.3 Å². The molecule has 2 aliphatic rings. The molecule has 1 saturated heterocycles. The number of hydrogen-bond donors (Lipinski definition) is 1. The zero-order valence-electron chi connectivity index (χ0n) is 12.0. The van der Waals surface area contributed by atoms with Gasteiger partial charge < -0.3 is 5.32 Å². The largest absolute Gasteiger partial charge is 0.314 e. The highest BCUT2D eigenvalue weighted by Crippen LogP contribution is 2.43. The van der Waals surface area contributed by atoms with Crippen LogP contribution >= 0.6 is 11.6 Å². The van der Waals surface area contributed by atoms with Crippen LogP contribution in [0.25, 0.3) is 0 Å². The Morgan fingerprint density at radius 1 is 1.35 bits per heavy atom. The van der Waals surface area contributed by atoms with Crippen LogP contribution in [0, 0.1) is 18.7 Å². The van der Waals surface area contributed by atoms with Crippen molar-refractivity contribution in [1.29, 1.82) is 0 Å². The van der Waals surface area contributed by atoms with E-state index in [1.807, 2.05) is 6.92 Å². The second kappa shape index (κ2) is 6.00. The Morgan fingerprint density at radius 3 is 2.70 bits per heavy atom. The predicted octanol–water partition coefficient (Wildman–Crippen LogP) is 3.53. The van der Waals surface area contributed by atoms with Crippen molar-refractivity contribution in [3.8, 4) is 0 Å². The molecule has 4 heteroatoms. The standard InChI is InChI=1S/C16H22ClFN2/c1-11-2-5-13(18)15(16(11)17)14(10-12-3-4-12)20-8-6-19-7-9-20/h2,5,12,14,19H,3-4,6-10H2,1H3/t14-/m1/s1. The van der Waals surface area contributed by atoms with Gasteiger partial charge in [0.15, 0.2) is 0 Å². The Kier molecular flexibility index (Phi) is 4.29. The number of nitrogens with one attached hydrogen (secondary N) is 1. The van der Waals surface area contributed by atoms with Gasteiger partial charge in [0.05, 0.1) is 5.02 Å². The third kappa shape index (κ3) is 3.00. The molecule has 1 N–H and O–H groups in total. The summed E-state index contributed by atoms with van der Waals surface area (Å²) in [7, 11) is 0. The Labute approximate surface area is 125 Å². The molecule has 1 atom stereocenters. The lowest BCUT2D eigenvalue weighted by atomic mass is 9.96. The van der Waals surface area contributed by atoms with Crippen LogP contribution in [0.2, 0.25) is 5.02 Å². The van der Waals surface area contributed by atoms with Crippen LogP contribution in [0.3, 0.4) is 0 Å². The Bertz CT molecular complexity index is 482. The first-order valence-corrected chi connectivity index (χ1v) is 7.94. The van der Waals surface area contributed by atoms with E-state index in [4.69, 9.17) is 11.6 Å². The van der Waals surface area contributed by atoms with E-state index < -0.39 is 0 Å². The summed E-state index contributed by atoms with van der Waals surface area (Å²) in [5.74, 6) is 0.607. The van der Waals surface area contributed by atoms with Crippen molar-refractivity contribution in [3.63, 3.8) is 0 Å². The predicted molar refractivity (Wildman–Crippen MR) is 80.7 cm³/mol. The molecule has 1 aromatic carbocycles. The number of hydrogen-bond acceptors (Lipinski definition) is 2. The first kappa shape index (κ1) is 14.3. The van der Waals surface area contributed by atoms with Crippen LogP contribution in [-0.2, 0) is 0 Å². The molecule has 110 valence electrons. The highest BCUT2D eigenvalue weighted by Gasteiger charge is 2.33. The molecule has 20 heavy (non-hydrogen) atoms. The zero-order chi connectivity index (χ0) is 14.1. The molecule has 2 fully saturated rings. The number of piperazine rings is 1. The molecular weight excluding hydrogens is 275 g/mol. The number of aryl methyl sites for hydroxylation is 1. The van der Waals surface area contributed by atoms with Gasteiger partial charge in [-0.05, 0) is 30.9 Å². The summed E-state index contributed by atoms with van der Waals surface area (Å²) in [6.07, 6.45) is 3.61. The second-order valence-electron chi connectivity index (χ2n) is 6.07. The quantitative estimate of drug-likeness (QED) is 0.914. The van der Waals surface area contributed by atoms with Crippen LogP contribution in [0.5, 0.6) is 0 Å². The number of nitrogens with zero attached hydrogens (tertiary/aromatic N) is 1. The van der Waals surface area contributed by atoms with E-state index in [2.05, 4.69) is 10.2 Å². The van der Waals surface area contributed by atoms with E-state index in [1.165, 1.54) is 12.8 Å². The molecule has 1 aliphatic heterocycles. The van der Waals surface area contributed by atoms with E-state index in [0.29, 0.717) is 5.02 Å². The summed E-state index contributed by atoms with van der Waals surface area (Å²) >= 11 is 6.43. The van der Waals surface area contributed by atoms with E-state index in [0.717, 1.165) is 49.6 Å². The maximum atomic E-state index is 14.4. The molecule has 0 radical (unpaired) electrons. The van der Waals surface area contributed by atoms with Crippen LogP contribution in [-0.4, -0.2) is 31.1 Å². The normalized spacial score (nSPS) is 21.9. The van der Waals surface area contributed by atoms with Gasteiger partial charge >= 0.3 is 0 Å². The lowest BCUT2D eigenvalue weighted by Gasteiger charge is -2.36. The molecule has 2 nitrogen and oxygen atoms in total. The molecule has 1 aliphatic carbocycles. The average Bonchev–Trinajstić information content (AvgIpc) is 3.27. The SMILES string of the molecule is Cc1ccc(F)c([C@@H](CC2CC2)N2CCNCC2)c1Cl. The second-order valence-corrected chi connectivity index (χ2v) is 6.45. The summed E-state index contributed by atoms with van der Waals surface area (Å²) in [5.41, 5.74) is 1.69. The van der Waals surface area contributed by atoms with Gasteiger partial charge in [-0.3, -0.25) is 4.90 Å². The maximum absolute atomic E-state index is 14.4. The first-order valence-electron chi connectivity index (χ1n) is 7.56. The minimum Gasteiger partial charge on any atom is -0.314 e. The third-order valence-electron chi connectivity index (χ3n) is 4.50. The van der Waals surface area contributed by atoms with Crippen molar-refractivity contribution in [2.45, 2.75) is 32.2 Å². The molecule has 0 spiro atoms. The first-order chi connectivity index (χ1) is 9.66. The van der Waals surface area contributed by atoms with Crippen LogP contribution in [0.4, 0.5) is 4.39 Å². The van der Waals surface area contributed by atoms with E-state index in [-0.39, 0.29) is 11.9 Å². The zero-order valence-corrected chi connectivity index (χ0v) is 12.7. The smallest absolute Gasteiger partial charge is 0.129 e. The van der Waals surface area contributed by atoms with Crippen molar-refractivity contribution in [3.05, 3.63) is 34.1 Å². The lowest BCUT2D eigenvalue weighted by Crippen LogP contribution is -2.45. The van der Waals surface area contributed by atoms with Crippen LogP contribution in [0.1, 0.15) is 36.4 Å². The molecule has 0 amide bonds. The fourth-order valence-corrected chi connectivity index (χ4v) is 3.38. The van der Waals surface area contributed by atoms with Gasteiger partial charge in [0.25, 0.3) is 0 Å². The van der Waals surface area contributed by atoms with Crippen molar-refractivity contribution >= 4 is 11.6 Å². The van der Waals surface area contributed by atoms with Gasteiger partial charge in [0.2, 0.25) is 0 Å². The Hall–Kier alpha value is -0.640. The summed E-state index contributed by atoms with van der Waals surface area (Å²) < 4.78 is 14.4. The van der Waals surface area contributed by atoms with Crippen molar-refractivity contribution in [2.24, 2.45) is 5.92 Å². The fourth-order valence-electron chi connectivity index (χ4n) is 3.10. The number of rotatable bonds is 4. The molecule has 1 aromatic rings. The molecular formula is C16H22ClFN2. The van der Waals surface area contributed by atoms with Crippen LogP contribution in [0.15, 0.2) is 12.1 Å². The number of halogens is 2. The highest BCUT2D eigenvalue weighted by atomic mass is 35.5. The number of benzene rings is 1. The van der Waals surface area contributed by atoms with E-state index in [9.17, 15) is 4.39 Å². The van der Waals surface area contributed by atoms with Gasteiger partial charge in [0.1, 0.15) is 5.82 Å². The Morgan fingerprint density at radius 2 is 2.05 bits per heavy atom. The lowest BCUT2D eigenvalue weighted by molar-refractivity contribution is 0.157. The van der Waals surface area contributed by atoms with Crippen LogP contribution < -0.4 is 5.32 Å². The molecule has 3 rings (SSSR count). The van der Waals surface area contributed by atoms with Gasteiger partial charge in [-0.25, -0.2) is 4.39 Å². The third-order valence-corrected chi connectivity index (χ3v) is 5.00. The summed E-state index contributed by atoms with van der Waals surface area (Å²) in [4.78, 5) is 2.40. The van der Waals surface area contributed by atoms with Gasteiger partial charge in [0, 0.05) is 37.8 Å². The average molecular weight is 297 g/mol. The molecule has 0 unspecified atom stereocenters. The van der Waals surface area contributed by atoms with Crippen molar-refractivity contribution in [2.75, 3.05) is 26.2 Å². The summed E-state index contributed by atoms with van der Waals surface area (Å²) in [6, 6.07) is 3.48. The Balaban J connectivity index is 1.93. The van der Waals surface area contributed by atoms with Gasteiger partial charge in [-0.2, -0.15) is 0 Å². The highest BCUT2D eigenvalue weighted by molar-refractivity contribution is 6.32. The molecule has 1 heterocycles. The molecule has 0 aromatic heterocycles. The van der Waals surface area contributed by atoms with E-state index in [1.54, 1.807) is 12.1 Å².